The molecule has 0 fully saturated rings. The number of hydrogen-bond acceptors (Lipinski definition) is 1. The third-order valence-corrected chi connectivity index (χ3v) is 3.99. The molecule has 0 unspecified atom stereocenters. The highest BCUT2D eigenvalue weighted by Gasteiger charge is 2.06. The lowest BCUT2D eigenvalue weighted by molar-refractivity contribution is -0.510. The van der Waals surface area contributed by atoms with Gasteiger partial charge in [0.1, 0.15) is 5.75 Å². The molecule has 0 spiro atoms. The number of nitrogens with zero attached hydrogens (tertiary/aromatic N) is 1. The van der Waals surface area contributed by atoms with Crippen molar-refractivity contribution in [2.75, 3.05) is 7.11 Å². The van der Waals surface area contributed by atoms with Crippen molar-refractivity contribution in [3.63, 3.8) is 0 Å². The molecule has 2 nitrogen and oxygen atoms in total. The molecule has 0 bridgehead atoms. The Morgan fingerprint density at radius 2 is 1.68 bits per heavy atom. The maximum absolute atomic E-state index is 5.32. The molecule has 0 radical (unpaired) electrons. The van der Waals surface area contributed by atoms with E-state index in [2.05, 4.69) is 65.3 Å². The van der Waals surface area contributed by atoms with E-state index in [1.54, 1.807) is 7.11 Å². The minimum atomic E-state index is 0.881. The van der Waals surface area contributed by atoms with Crippen molar-refractivity contribution in [1.82, 2.24) is 0 Å². The van der Waals surface area contributed by atoms with E-state index in [9.17, 15) is 0 Å². The fourth-order valence-electron chi connectivity index (χ4n) is 2.82. The largest absolute Gasteiger partial charge is 0.497 e. The first-order valence-corrected chi connectivity index (χ1v) is 7.32. The molecule has 4 aromatic rings. The van der Waals surface area contributed by atoms with Gasteiger partial charge in [0.2, 0.25) is 5.52 Å². The second-order valence-corrected chi connectivity index (χ2v) is 5.38. The summed E-state index contributed by atoms with van der Waals surface area (Å²) in [6.07, 6.45) is 4.24. The SMILES string of the molecule is COc1cccc(-c2ccc3c[n+]4ccccc4cc3c2)c1. The molecule has 0 aliphatic carbocycles. The zero-order chi connectivity index (χ0) is 14.9. The van der Waals surface area contributed by atoms with Crippen LogP contribution in [0, 0.1) is 0 Å². The Bertz CT molecular complexity index is 975. The molecule has 0 saturated heterocycles. The Hall–Kier alpha value is -2.87. The van der Waals surface area contributed by atoms with Crippen molar-refractivity contribution in [2.24, 2.45) is 0 Å². The highest BCUT2D eigenvalue weighted by Crippen LogP contribution is 2.27. The van der Waals surface area contributed by atoms with E-state index in [1.165, 1.54) is 27.4 Å². The molecule has 2 aromatic carbocycles. The van der Waals surface area contributed by atoms with Gasteiger partial charge < -0.3 is 4.74 Å². The predicted octanol–water partition coefficient (Wildman–Crippen LogP) is 4.25. The van der Waals surface area contributed by atoms with Crippen LogP contribution in [-0.2, 0) is 0 Å². The molecule has 0 saturated carbocycles. The molecular formula is C20H16NO+. The lowest BCUT2D eigenvalue weighted by atomic mass is 10.0. The highest BCUT2D eigenvalue weighted by atomic mass is 16.5. The number of benzene rings is 2. The number of ether oxygens (including phenoxy) is 1. The van der Waals surface area contributed by atoms with Crippen molar-refractivity contribution < 1.29 is 9.14 Å². The number of rotatable bonds is 2. The molecule has 0 aliphatic rings. The summed E-state index contributed by atoms with van der Waals surface area (Å²) in [4.78, 5) is 0. The van der Waals surface area contributed by atoms with E-state index in [1.807, 2.05) is 18.2 Å². The lowest BCUT2D eigenvalue weighted by Gasteiger charge is -2.06. The molecule has 0 N–H and O–H groups in total. The first kappa shape index (κ1) is 12.8. The maximum Gasteiger partial charge on any atom is 0.211 e. The molecule has 106 valence electrons. The third kappa shape index (κ3) is 2.19. The summed E-state index contributed by atoms with van der Waals surface area (Å²) < 4.78 is 7.46. The third-order valence-electron chi connectivity index (χ3n) is 3.99. The minimum absolute atomic E-state index is 0.881. The van der Waals surface area contributed by atoms with Gasteiger partial charge in [-0.25, -0.2) is 0 Å². The molecular weight excluding hydrogens is 270 g/mol. The Kier molecular flexibility index (Phi) is 3.01. The molecule has 22 heavy (non-hydrogen) atoms. The van der Waals surface area contributed by atoms with Crippen LogP contribution in [-0.4, -0.2) is 7.11 Å². The zero-order valence-electron chi connectivity index (χ0n) is 12.4. The number of hydrogen-bond donors (Lipinski definition) is 0. The van der Waals surface area contributed by atoms with Crippen LogP contribution in [0.2, 0.25) is 0 Å². The van der Waals surface area contributed by atoms with Gasteiger partial charge in [0.25, 0.3) is 0 Å². The number of methoxy groups -OCH3 is 1. The summed E-state index contributed by atoms with van der Waals surface area (Å²) >= 11 is 0. The van der Waals surface area contributed by atoms with E-state index in [0.717, 1.165) is 5.75 Å². The average molecular weight is 286 g/mol. The monoisotopic (exact) mass is 286 g/mol. The maximum atomic E-state index is 5.32. The van der Waals surface area contributed by atoms with Crippen molar-refractivity contribution >= 4 is 16.3 Å². The van der Waals surface area contributed by atoms with E-state index >= 15 is 0 Å². The molecule has 2 heterocycles. The van der Waals surface area contributed by atoms with Crippen LogP contribution in [0.5, 0.6) is 5.75 Å². The van der Waals surface area contributed by atoms with E-state index in [4.69, 9.17) is 4.74 Å². The minimum Gasteiger partial charge on any atom is -0.497 e. The summed E-state index contributed by atoms with van der Waals surface area (Å²) in [6.45, 7) is 0. The number of fused-ring (bicyclic) bond motifs is 2. The fraction of sp³-hybridized carbons (Fsp3) is 0.0500. The molecule has 2 heteroatoms. The Morgan fingerprint density at radius 1 is 0.773 bits per heavy atom. The Labute approximate surface area is 129 Å². The summed E-state index contributed by atoms with van der Waals surface area (Å²) in [5, 5.41) is 2.47. The van der Waals surface area contributed by atoms with Gasteiger partial charge in [-0.2, -0.15) is 4.40 Å². The first-order valence-electron chi connectivity index (χ1n) is 7.32. The van der Waals surface area contributed by atoms with Gasteiger partial charge in [0.15, 0.2) is 12.4 Å². The number of aromatic nitrogens is 1. The molecule has 0 aliphatic heterocycles. The summed E-state index contributed by atoms with van der Waals surface area (Å²) in [6, 6.07) is 23.2. The van der Waals surface area contributed by atoms with Gasteiger partial charge in [-0.1, -0.05) is 18.2 Å². The number of pyridine rings is 2. The molecule has 0 atom stereocenters. The fourth-order valence-corrected chi connectivity index (χ4v) is 2.82. The summed E-state index contributed by atoms with van der Waals surface area (Å²) in [5.74, 6) is 0.881. The van der Waals surface area contributed by atoms with E-state index in [0.29, 0.717) is 0 Å². The average Bonchev–Trinajstić information content (AvgIpc) is 2.59. The van der Waals surface area contributed by atoms with Gasteiger partial charge in [-0.15, -0.1) is 0 Å². The highest BCUT2D eigenvalue weighted by molar-refractivity contribution is 5.88. The smallest absolute Gasteiger partial charge is 0.211 e. The van der Waals surface area contributed by atoms with E-state index in [-0.39, 0.29) is 0 Å². The van der Waals surface area contributed by atoms with Crippen LogP contribution < -0.4 is 9.14 Å². The van der Waals surface area contributed by atoms with Gasteiger partial charge in [-0.3, -0.25) is 0 Å². The van der Waals surface area contributed by atoms with Crippen molar-refractivity contribution in [1.29, 1.82) is 0 Å². The predicted molar refractivity (Wildman–Crippen MR) is 89.1 cm³/mol. The standard InChI is InChI=1S/C20H16NO/c1-22-20-7-4-5-15(13-20)16-8-9-17-14-21-10-3-2-6-19(21)12-18(17)11-16/h2-14H,1H3/q+1. The zero-order valence-corrected chi connectivity index (χ0v) is 12.4. The first-order chi connectivity index (χ1) is 10.8. The van der Waals surface area contributed by atoms with Crippen molar-refractivity contribution in [3.05, 3.63) is 79.1 Å². The van der Waals surface area contributed by atoms with Gasteiger partial charge in [0.05, 0.1) is 7.11 Å². The molecule has 0 amide bonds. The van der Waals surface area contributed by atoms with Crippen LogP contribution >= 0.6 is 0 Å². The second-order valence-electron chi connectivity index (χ2n) is 5.38. The Balaban J connectivity index is 1.90. The van der Waals surface area contributed by atoms with Crippen molar-refractivity contribution in [3.8, 4) is 16.9 Å². The summed E-state index contributed by atoms with van der Waals surface area (Å²) in [7, 11) is 1.70. The molecule has 4 rings (SSSR count). The Morgan fingerprint density at radius 3 is 2.59 bits per heavy atom. The second kappa shape index (κ2) is 5.15. The van der Waals surface area contributed by atoms with Gasteiger partial charge in [0, 0.05) is 23.6 Å². The van der Waals surface area contributed by atoms with Gasteiger partial charge in [-0.05, 0) is 46.8 Å². The normalized spacial score (nSPS) is 11.0. The van der Waals surface area contributed by atoms with Crippen LogP contribution in [0.25, 0.3) is 27.4 Å². The van der Waals surface area contributed by atoms with Crippen LogP contribution in [0.15, 0.2) is 79.1 Å². The van der Waals surface area contributed by atoms with Crippen LogP contribution in [0.1, 0.15) is 0 Å². The van der Waals surface area contributed by atoms with Gasteiger partial charge >= 0.3 is 0 Å². The van der Waals surface area contributed by atoms with Crippen LogP contribution in [0.4, 0.5) is 0 Å². The quantitative estimate of drug-likeness (QED) is 0.396. The van der Waals surface area contributed by atoms with Crippen molar-refractivity contribution in [2.45, 2.75) is 0 Å². The summed E-state index contributed by atoms with van der Waals surface area (Å²) in [5.41, 5.74) is 3.56. The van der Waals surface area contributed by atoms with Crippen LogP contribution in [0.3, 0.4) is 0 Å². The lowest BCUT2D eigenvalue weighted by Crippen LogP contribution is -2.19. The van der Waals surface area contributed by atoms with E-state index < -0.39 is 0 Å². The molecule has 2 aromatic heterocycles. The topological polar surface area (TPSA) is 13.3 Å².